The van der Waals surface area contributed by atoms with Crippen molar-refractivity contribution in [3.05, 3.63) is 35.2 Å². The van der Waals surface area contributed by atoms with Gasteiger partial charge in [-0.1, -0.05) is 0 Å². The third-order valence-electron chi connectivity index (χ3n) is 3.00. The molecule has 5 nitrogen and oxygen atoms in total. The van der Waals surface area contributed by atoms with Crippen molar-refractivity contribution in [1.82, 2.24) is 15.2 Å². The van der Waals surface area contributed by atoms with E-state index in [0.717, 1.165) is 18.9 Å². The van der Waals surface area contributed by atoms with Gasteiger partial charge in [0, 0.05) is 11.5 Å². The molecule has 1 aromatic heterocycles. The largest absolute Gasteiger partial charge is 0.478 e. The highest BCUT2D eigenvalue weighted by Crippen LogP contribution is 2.38. The Morgan fingerprint density at radius 1 is 1.32 bits per heavy atom. The summed E-state index contributed by atoms with van der Waals surface area (Å²) in [5, 5.41) is 15.6. The van der Waals surface area contributed by atoms with Gasteiger partial charge < -0.3 is 5.11 Å². The fourth-order valence-corrected chi connectivity index (χ4v) is 1.84. The number of carboxylic acids is 1. The van der Waals surface area contributed by atoms with Gasteiger partial charge in [-0.05, 0) is 25.0 Å². The maximum absolute atomic E-state index is 13.3. The van der Waals surface area contributed by atoms with E-state index >= 15 is 0 Å². The summed E-state index contributed by atoms with van der Waals surface area (Å²) < 4.78 is 26.3. The number of hydrogen-bond donors (Lipinski definition) is 2. The zero-order valence-corrected chi connectivity index (χ0v) is 9.65. The van der Waals surface area contributed by atoms with Crippen LogP contribution in [0.5, 0.6) is 0 Å². The van der Waals surface area contributed by atoms with Crippen molar-refractivity contribution in [3.8, 4) is 11.4 Å². The summed E-state index contributed by atoms with van der Waals surface area (Å²) in [6.07, 6.45) is 2.00. The van der Waals surface area contributed by atoms with Gasteiger partial charge in [-0.25, -0.2) is 18.6 Å². The Morgan fingerprint density at radius 3 is 2.63 bits per heavy atom. The van der Waals surface area contributed by atoms with Crippen LogP contribution in [0.2, 0.25) is 0 Å². The number of carboxylic acid groups (broad SMARTS) is 1. The third kappa shape index (κ3) is 2.07. The van der Waals surface area contributed by atoms with Gasteiger partial charge in [-0.2, -0.15) is 5.10 Å². The van der Waals surface area contributed by atoms with E-state index in [1.165, 1.54) is 0 Å². The van der Waals surface area contributed by atoms with E-state index in [0.29, 0.717) is 17.8 Å². The van der Waals surface area contributed by atoms with E-state index in [-0.39, 0.29) is 17.0 Å². The summed E-state index contributed by atoms with van der Waals surface area (Å²) in [7, 11) is 0. The minimum absolute atomic E-state index is 0.0328. The molecule has 0 unspecified atom stereocenters. The van der Waals surface area contributed by atoms with Crippen molar-refractivity contribution in [3.63, 3.8) is 0 Å². The standard InChI is InChI=1S/C12H9F2N3O2/c13-8-3-6(7(12(18)19)4-9(8)14)11-15-10(16-17-11)5-1-2-5/h3-5H,1-2H2,(H,18,19)(H,15,16,17). The molecule has 1 aromatic carbocycles. The Kier molecular flexibility index (Phi) is 2.55. The summed E-state index contributed by atoms with van der Waals surface area (Å²) >= 11 is 0. The summed E-state index contributed by atoms with van der Waals surface area (Å²) in [5.74, 6) is -2.67. The van der Waals surface area contributed by atoms with Crippen molar-refractivity contribution in [2.24, 2.45) is 0 Å². The molecule has 1 aliphatic rings. The molecule has 0 radical (unpaired) electrons. The van der Waals surface area contributed by atoms with E-state index < -0.39 is 17.6 Å². The second-order valence-corrected chi connectivity index (χ2v) is 4.44. The molecule has 0 saturated heterocycles. The number of nitrogens with one attached hydrogen (secondary N) is 1. The van der Waals surface area contributed by atoms with Gasteiger partial charge in [0.25, 0.3) is 0 Å². The molecule has 1 heterocycles. The Balaban J connectivity index is 2.11. The number of rotatable bonds is 3. The zero-order valence-electron chi connectivity index (χ0n) is 9.65. The molecule has 19 heavy (non-hydrogen) atoms. The van der Waals surface area contributed by atoms with Gasteiger partial charge in [-0.3, -0.25) is 5.10 Å². The highest BCUT2D eigenvalue weighted by Gasteiger charge is 2.28. The number of aromatic nitrogens is 3. The molecule has 1 aliphatic carbocycles. The monoisotopic (exact) mass is 265 g/mol. The first-order chi connectivity index (χ1) is 9.06. The minimum atomic E-state index is -1.35. The van der Waals surface area contributed by atoms with Gasteiger partial charge in [0.2, 0.25) is 0 Å². The van der Waals surface area contributed by atoms with Gasteiger partial charge in [0.05, 0.1) is 5.56 Å². The second kappa shape index (κ2) is 4.11. The number of aromatic carboxylic acids is 1. The van der Waals surface area contributed by atoms with E-state index in [2.05, 4.69) is 15.2 Å². The number of halogens is 2. The molecular formula is C12H9F2N3O2. The number of aromatic amines is 1. The molecule has 0 bridgehead atoms. The Hall–Kier alpha value is -2.31. The van der Waals surface area contributed by atoms with Crippen LogP contribution in [0.15, 0.2) is 12.1 Å². The average molecular weight is 265 g/mol. The number of carbonyl (C=O) groups is 1. The predicted octanol–water partition coefficient (Wildman–Crippen LogP) is 2.33. The molecule has 0 atom stereocenters. The summed E-state index contributed by atoms with van der Waals surface area (Å²) in [6, 6.07) is 1.44. The summed E-state index contributed by atoms with van der Waals surface area (Å²) in [5.41, 5.74) is -0.394. The van der Waals surface area contributed by atoms with Gasteiger partial charge >= 0.3 is 5.97 Å². The highest BCUT2D eigenvalue weighted by atomic mass is 19.2. The topological polar surface area (TPSA) is 78.9 Å². The lowest BCUT2D eigenvalue weighted by molar-refractivity contribution is 0.0697. The van der Waals surface area contributed by atoms with Crippen molar-refractivity contribution >= 4 is 5.97 Å². The molecule has 7 heteroatoms. The van der Waals surface area contributed by atoms with Crippen molar-refractivity contribution < 1.29 is 18.7 Å². The van der Waals surface area contributed by atoms with Crippen LogP contribution < -0.4 is 0 Å². The zero-order chi connectivity index (χ0) is 13.6. The summed E-state index contributed by atoms with van der Waals surface area (Å²) in [6.45, 7) is 0. The lowest BCUT2D eigenvalue weighted by Gasteiger charge is -2.03. The minimum Gasteiger partial charge on any atom is -0.478 e. The first-order valence-electron chi connectivity index (χ1n) is 5.71. The quantitative estimate of drug-likeness (QED) is 0.892. The molecule has 3 rings (SSSR count). The Morgan fingerprint density at radius 2 is 2.00 bits per heavy atom. The van der Waals surface area contributed by atoms with Gasteiger partial charge in [0.15, 0.2) is 17.5 Å². The Labute approximate surface area is 106 Å². The van der Waals surface area contributed by atoms with Crippen molar-refractivity contribution in [2.45, 2.75) is 18.8 Å². The highest BCUT2D eigenvalue weighted by molar-refractivity contribution is 5.95. The predicted molar refractivity (Wildman–Crippen MR) is 60.7 cm³/mol. The number of H-pyrrole nitrogens is 1. The summed E-state index contributed by atoms with van der Waals surface area (Å²) in [4.78, 5) is 15.2. The van der Waals surface area contributed by atoms with Crippen LogP contribution in [0.3, 0.4) is 0 Å². The molecule has 2 N–H and O–H groups in total. The lowest BCUT2D eigenvalue weighted by Crippen LogP contribution is -2.03. The number of hydrogen-bond acceptors (Lipinski definition) is 3. The third-order valence-corrected chi connectivity index (χ3v) is 3.00. The molecular weight excluding hydrogens is 256 g/mol. The van der Waals surface area contributed by atoms with Crippen LogP contribution in [0.25, 0.3) is 11.4 Å². The normalized spacial score (nSPS) is 14.6. The maximum Gasteiger partial charge on any atom is 0.336 e. The second-order valence-electron chi connectivity index (χ2n) is 4.44. The van der Waals surface area contributed by atoms with Crippen LogP contribution in [0, 0.1) is 11.6 Å². The first kappa shape index (κ1) is 11.8. The smallest absolute Gasteiger partial charge is 0.336 e. The van der Waals surface area contributed by atoms with E-state index in [1.54, 1.807) is 0 Å². The molecule has 2 aromatic rings. The average Bonchev–Trinajstić information content (AvgIpc) is 3.10. The van der Waals surface area contributed by atoms with E-state index in [1.807, 2.05) is 0 Å². The van der Waals surface area contributed by atoms with Crippen LogP contribution >= 0.6 is 0 Å². The number of nitrogens with zero attached hydrogens (tertiary/aromatic N) is 2. The SMILES string of the molecule is O=C(O)c1cc(F)c(F)cc1-c1n[nH]c(C2CC2)n1. The molecule has 1 fully saturated rings. The van der Waals surface area contributed by atoms with Crippen molar-refractivity contribution in [1.29, 1.82) is 0 Å². The van der Waals surface area contributed by atoms with E-state index in [9.17, 15) is 13.6 Å². The molecule has 0 amide bonds. The fourth-order valence-electron chi connectivity index (χ4n) is 1.84. The van der Waals surface area contributed by atoms with Crippen LogP contribution in [0.1, 0.15) is 34.9 Å². The lowest BCUT2D eigenvalue weighted by atomic mass is 10.1. The molecule has 98 valence electrons. The molecule has 0 aliphatic heterocycles. The Bertz CT molecular complexity index is 665. The van der Waals surface area contributed by atoms with Crippen molar-refractivity contribution in [2.75, 3.05) is 0 Å². The van der Waals surface area contributed by atoms with Crippen LogP contribution in [-0.4, -0.2) is 26.3 Å². The fraction of sp³-hybridized carbons (Fsp3) is 0.250. The van der Waals surface area contributed by atoms with Gasteiger partial charge in [0.1, 0.15) is 5.82 Å². The van der Waals surface area contributed by atoms with Crippen LogP contribution in [0.4, 0.5) is 8.78 Å². The number of benzene rings is 1. The molecule has 1 saturated carbocycles. The first-order valence-corrected chi connectivity index (χ1v) is 5.71. The maximum atomic E-state index is 13.3. The molecule has 0 spiro atoms. The van der Waals surface area contributed by atoms with Crippen LogP contribution in [-0.2, 0) is 0 Å². The van der Waals surface area contributed by atoms with Gasteiger partial charge in [-0.15, -0.1) is 0 Å². The van der Waals surface area contributed by atoms with E-state index in [4.69, 9.17) is 5.11 Å².